The summed E-state index contributed by atoms with van der Waals surface area (Å²) in [4.78, 5) is 25.9. The molecule has 0 unspecified atom stereocenters. The summed E-state index contributed by atoms with van der Waals surface area (Å²) in [6.45, 7) is 0. The van der Waals surface area contributed by atoms with Gasteiger partial charge in [0.05, 0.1) is 11.1 Å². The van der Waals surface area contributed by atoms with Gasteiger partial charge in [-0.05, 0) is 41.5 Å². The van der Waals surface area contributed by atoms with Crippen LogP contribution in [-0.4, -0.2) is 28.0 Å². The summed E-state index contributed by atoms with van der Waals surface area (Å²) in [5.41, 5.74) is 16.2. The van der Waals surface area contributed by atoms with Crippen LogP contribution in [-0.2, 0) is 0 Å². The Morgan fingerprint density at radius 1 is 1.03 bits per heavy atom. The van der Waals surface area contributed by atoms with Crippen molar-refractivity contribution in [1.82, 2.24) is 15.0 Å². The van der Waals surface area contributed by atoms with E-state index in [1.165, 1.54) is 11.2 Å². The maximum atomic E-state index is 11.4. The Labute approximate surface area is 175 Å². The van der Waals surface area contributed by atoms with Crippen molar-refractivity contribution >= 4 is 44.5 Å². The topological polar surface area (TPSA) is 111 Å². The lowest BCUT2D eigenvalue weighted by Gasteiger charge is -2.15. The van der Waals surface area contributed by atoms with Gasteiger partial charge in [0, 0.05) is 22.8 Å². The fourth-order valence-corrected chi connectivity index (χ4v) is 3.50. The van der Waals surface area contributed by atoms with Crippen LogP contribution < -0.4 is 16.4 Å². The normalized spacial score (nSPS) is 10.8. The highest BCUT2D eigenvalue weighted by Gasteiger charge is 2.14. The van der Waals surface area contributed by atoms with Crippen LogP contribution in [0, 0.1) is 0 Å². The number of nitrogens with two attached hydrogens (primary N) is 2. The van der Waals surface area contributed by atoms with Gasteiger partial charge in [0.15, 0.2) is 5.65 Å². The average molecular weight is 449 g/mol. The van der Waals surface area contributed by atoms with E-state index in [1.54, 1.807) is 7.05 Å². The number of carbonyl (C=O) groups is 1. The molecule has 0 fully saturated rings. The zero-order chi connectivity index (χ0) is 20.5. The standard InChI is InChI=1S/C21H17BrN6O/c1-28(21(24)29)15-7-5-12(6-8-15)17-10-16(13-3-2-4-14(22)9-13)18-19(23)25-11-26-20(18)27-17/h2-11H,1H3,(H2,24,29)(H2,23,25,26,27). The molecule has 0 saturated carbocycles. The average Bonchev–Trinajstić information content (AvgIpc) is 2.72. The summed E-state index contributed by atoms with van der Waals surface area (Å²) >= 11 is 3.52. The molecule has 29 heavy (non-hydrogen) atoms. The molecule has 0 aliphatic carbocycles. The van der Waals surface area contributed by atoms with E-state index >= 15 is 0 Å². The molecule has 0 radical (unpaired) electrons. The van der Waals surface area contributed by atoms with Gasteiger partial charge in [-0.25, -0.2) is 19.7 Å². The number of carbonyl (C=O) groups excluding carboxylic acids is 1. The number of nitrogens with zero attached hydrogens (tertiary/aromatic N) is 4. The molecule has 0 bridgehead atoms. The minimum absolute atomic E-state index is 0.377. The highest BCUT2D eigenvalue weighted by Crippen LogP contribution is 2.34. The van der Waals surface area contributed by atoms with E-state index < -0.39 is 6.03 Å². The molecule has 0 aliphatic heterocycles. The minimum atomic E-state index is -0.523. The van der Waals surface area contributed by atoms with Crippen LogP contribution in [0.5, 0.6) is 0 Å². The van der Waals surface area contributed by atoms with Crippen molar-refractivity contribution in [2.75, 3.05) is 17.7 Å². The van der Waals surface area contributed by atoms with Gasteiger partial charge in [-0.1, -0.05) is 40.2 Å². The molecule has 0 aliphatic rings. The number of urea groups is 1. The monoisotopic (exact) mass is 448 g/mol. The first-order valence-electron chi connectivity index (χ1n) is 8.75. The summed E-state index contributed by atoms with van der Waals surface area (Å²) in [7, 11) is 1.62. The number of pyridine rings is 1. The van der Waals surface area contributed by atoms with Crippen molar-refractivity contribution in [3.8, 4) is 22.4 Å². The lowest BCUT2D eigenvalue weighted by molar-refractivity contribution is 0.255. The Hall–Kier alpha value is -3.52. The highest BCUT2D eigenvalue weighted by molar-refractivity contribution is 9.10. The van der Waals surface area contributed by atoms with Gasteiger partial charge in [0.1, 0.15) is 12.1 Å². The van der Waals surface area contributed by atoms with Crippen molar-refractivity contribution in [3.63, 3.8) is 0 Å². The van der Waals surface area contributed by atoms with Crippen molar-refractivity contribution in [2.45, 2.75) is 0 Å². The molecule has 4 rings (SSSR count). The first-order chi connectivity index (χ1) is 13.9. The molecule has 4 N–H and O–H groups in total. The number of primary amides is 1. The Bertz CT molecular complexity index is 1230. The lowest BCUT2D eigenvalue weighted by Crippen LogP contribution is -2.31. The van der Waals surface area contributed by atoms with E-state index in [-0.39, 0.29) is 0 Å². The van der Waals surface area contributed by atoms with E-state index in [9.17, 15) is 4.79 Å². The third-order valence-corrected chi connectivity index (χ3v) is 5.14. The number of benzene rings is 2. The van der Waals surface area contributed by atoms with E-state index in [1.807, 2.05) is 54.6 Å². The number of rotatable bonds is 3. The zero-order valence-corrected chi connectivity index (χ0v) is 17.1. The number of fused-ring (bicyclic) bond motifs is 1. The predicted molar refractivity (Wildman–Crippen MR) is 118 cm³/mol. The van der Waals surface area contributed by atoms with E-state index in [4.69, 9.17) is 11.5 Å². The maximum Gasteiger partial charge on any atom is 0.318 e. The Morgan fingerprint density at radius 3 is 2.48 bits per heavy atom. The molecule has 2 amide bonds. The van der Waals surface area contributed by atoms with Crippen LogP contribution in [0.4, 0.5) is 16.3 Å². The molecule has 2 heterocycles. The number of hydrogen-bond acceptors (Lipinski definition) is 5. The SMILES string of the molecule is CN(C(N)=O)c1ccc(-c2cc(-c3cccc(Br)c3)c3c(N)ncnc3n2)cc1. The van der Waals surface area contributed by atoms with Crippen LogP contribution in [0.15, 0.2) is 65.4 Å². The van der Waals surface area contributed by atoms with Crippen molar-refractivity contribution in [1.29, 1.82) is 0 Å². The molecule has 0 spiro atoms. The zero-order valence-electron chi connectivity index (χ0n) is 15.5. The summed E-state index contributed by atoms with van der Waals surface area (Å²) in [5, 5.41) is 0.708. The number of halogens is 1. The van der Waals surface area contributed by atoms with E-state index in [2.05, 4.69) is 30.9 Å². The molecule has 8 heteroatoms. The summed E-state index contributed by atoms with van der Waals surface area (Å²) in [6, 6.07) is 16.8. The summed E-state index contributed by atoms with van der Waals surface area (Å²) < 4.78 is 0.954. The van der Waals surface area contributed by atoms with Gasteiger partial charge < -0.3 is 11.5 Å². The molecule has 144 valence electrons. The van der Waals surface area contributed by atoms with Crippen LogP contribution >= 0.6 is 15.9 Å². The lowest BCUT2D eigenvalue weighted by atomic mass is 10.00. The number of nitrogen functional groups attached to an aromatic ring is 1. The van der Waals surface area contributed by atoms with Gasteiger partial charge in [-0.3, -0.25) is 4.90 Å². The quantitative estimate of drug-likeness (QED) is 0.487. The van der Waals surface area contributed by atoms with Crippen molar-refractivity contribution in [2.24, 2.45) is 5.73 Å². The highest BCUT2D eigenvalue weighted by atomic mass is 79.9. The third-order valence-electron chi connectivity index (χ3n) is 4.65. The predicted octanol–water partition coefficient (Wildman–Crippen LogP) is 4.22. The van der Waals surface area contributed by atoms with Crippen LogP contribution in [0.1, 0.15) is 0 Å². The molecule has 2 aromatic heterocycles. The number of hydrogen-bond donors (Lipinski definition) is 2. The molecule has 7 nitrogen and oxygen atoms in total. The second-order valence-electron chi connectivity index (χ2n) is 6.47. The number of amides is 2. The van der Waals surface area contributed by atoms with Crippen LogP contribution in [0.3, 0.4) is 0 Å². The van der Waals surface area contributed by atoms with Crippen LogP contribution in [0.25, 0.3) is 33.4 Å². The molecule has 4 aromatic rings. The fraction of sp³-hybridized carbons (Fsp3) is 0.0476. The molecular weight excluding hydrogens is 432 g/mol. The second kappa shape index (κ2) is 7.48. The van der Waals surface area contributed by atoms with Gasteiger partial charge in [0.25, 0.3) is 0 Å². The summed E-state index contributed by atoms with van der Waals surface area (Å²) in [5.74, 6) is 0.377. The molecule has 2 aromatic carbocycles. The Kier molecular flexibility index (Phi) is 4.85. The molecular formula is C21H17BrN6O. The third kappa shape index (κ3) is 3.62. The summed E-state index contributed by atoms with van der Waals surface area (Å²) in [6.07, 6.45) is 1.41. The van der Waals surface area contributed by atoms with Crippen molar-refractivity contribution < 1.29 is 4.79 Å². The van der Waals surface area contributed by atoms with Gasteiger partial charge in [-0.2, -0.15) is 0 Å². The smallest absolute Gasteiger partial charge is 0.318 e. The van der Waals surface area contributed by atoms with E-state index in [0.29, 0.717) is 22.5 Å². The van der Waals surface area contributed by atoms with E-state index in [0.717, 1.165) is 26.9 Å². The van der Waals surface area contributed by atoms with Crippen LogP contribution in [0.2, 0.25) is 0 Å². The minimum Gasteiger partial charge on any atom is -0.383 e. The first-order valence-corrected chi connectivity index (χ1v) is 9.54. The number of anilines is 2. The number of aromatic nitrogens is 3. The van der Waals surface area contributed by atoms with Gasteiger partial charge >= 0.3 is 6.03 Å². The van der Waals surface area contributed by atoms with Gasteiger partial charge in [0.2, 0.25) is 0 Å². The molecule has 0 saturated heterocycles. The maximum absolute atomic E-state index is 11.4. The second-order valence-corrected chi connectivity index (χ2v) is 7.38. The van der Waals surface area contributed by atoms with Crippen molar-refractivity contribution in [3.05, 3.63) is 65.4 Å². The first kappa shape index (κ1) is 18.8. The Balaban J connectivity index is 1.89. The van der Waals surface area contributed by atoms with Gasteiger partial charge in [-0.15, -0.1) is 0 Å². The molecule has 0 atom stereocenters. The largest absolute Gasteiger partial charge is 0.383 e. The Morgan fingerprint density at radius 2 is 1.79 bits per heavy atom. The fourth-order valence-electron chi connectivity index (χ4n) is 3.10.